The molecule has 1 aromatic heterocycles. The standard InChI is InChI=1S/C27H30FN5O2/c1-35-25-5-3-2-4-24(25)31-16-18-33(19-17-31)27(34)21-12-14-32(15-13-21)26-11-10-23(29-30-26)20-6-8-22(28)9-7-20/h2-11,21H,12-19H2,1H3. The predicted molar refractivity (Wildman–Crippen MR) is 134 cm³/mol. The normalized spacial score (nSPS) is 16.9. The molecule has 5 rings (SSSR count). The zero-order valence-corrected chi connectivity index (χ0v) is 19.9. The van der Waals surface area contributed by atoms with E-state index in [4.69, 9.17) is 4.74 Å². The third-order valence-electron chi connectivity index (χ3n) is 6.98. The maximum Gasteiger partial charge on any atom is 0.225 e. The van der Waals surface area contributed by atoms with E-state index in [2.05, 4.69) is 26.1 Å². The maximum atomic E-state index is 13.2. The summed E-state index contributed by atoms with van der Waals surface area (Å²) < 4.78 is 18.7. The zero-order valence-electron chi connectivity index (χ0n) is 19.9. The first-order chi connectivity index (χ1) is 17.1. The monoisotopic (exact) mass is 475 g/mol. The Hall–Kier alpha value is -3.68. The van der Waals surface area contributed by atoms with Gasteiger partial charge in [0.25, 0.3) is 0 Å². The van der Waals surface area contributed by atoms with Crippen molar-refractivity contribution in [3.8, 4) is 17.0 Å². The number of carbonyl (C=O) groups is 1. The molecular weight excluding hydrogens is 445 g/mol. The molecular formula is C27H30FN5O2. The fourth-order valence-electron chi connectivity index (χ4n) is 4.94. The highest BCUT2D eigenvalue weighted by atomic mass is 19.1. The molecule has 1 amide bonds. The second-order valence-electron chi connectivity index (χ2n) is 9.03. The molecule has 2 aliphatic heterocycles. The number of amides is 1. The highest BCUT2D eigenvalue weighted by molar-refractivity contribution is 5.79. The van der Waals surface area contributed by atoms with Crippen molar-refractivity contribution in [3.05, 3.63) is 66.5 Å². The van der Waals surface area contributed by atoms with Gasteiger partial charge in [-0.3, -0.25) is 4.79 Å². The van der Waals surface area contributed by atoms with Gasteiger partial charge in [0, 0.05) is 50.7 Å². The number of piperazine rings is 1. The van der Waals surface area contributed by atoms with Gasteiger partial charge in [-0.2, -0.15) is 0 Å². The van der Waals surface area contributed by atoms with Crippen LogP contribution in [0, 0.1) is 11.7 Å². The Balaban J connectivity index is 1.13. The summed E-state index contributed by atoms with van der Waals surface area (Å²) in [7, 11) is 1.69. The van der Waals surface area contributed by atoms with Gasteiger partial charge in [-0.25, -0.2) is 4.39 Å². The van der Waals surface area contributed by atoms with Crippen LogP contribution in [0.5, 0.6) is 5.75 Å². The number of hydrogen-bond acceptors (Lipinski definition) is 6. The molecule has 0 radical (unpaired) electrons. The Morgan fingerprint density at radius 1 is 0.857 bits per heavy atom. The number of para-hydroxylation sites is 2. The Kier molecular flexibility index (Phi) is 6.79. The van der Waals surface area contributed by atoms with Gasteiger partial charge >= 0.3 is 0 Å². The average Bonchev–Trinajstić information content (AvgIpc) is 2.93. The van der Waals surface area contributed by atoms with Gasteiger partial charge in [0.1, 0.15) is 11.6 Å². The van der Waals surface area contributed by atoms with Gasteiger partial charge in [-0.15, -0.1) is 10.2 Å². The van der Waals surface area contributed by atoms with Crippen molar-refractivity contribution in [2.24, 2.45) is 5.92 Å². The summed E-state index contributed by atoms with van der Waals surface area (Å²) in [5, 5.41) is 8.71. The minimum atomic E-state index is -0.269. The van der Waals surface area contributed by atoms with Crippen molar-refractivity contribution in [3.63, 3.8) is 0 Å². The highest BCUT2D eigenvalue weighted by Gasteiger charge is 2.31. The molecule has 0 unspecified atom stereocenters. The second-order valence-corrected chi connectivity index (χ2v) is 9.03. The number of aromatic nitrogens is 2. The van der Waals surface area contributed by atoms with E-state index in [1.807, 2.05) is 35.2 Å². The number of anilines is 2. The molecule has 0 aliphatic carbocycles. The van der Waals surface area contributed by atoms with Crippen molar-refractivity contribution >= 4 is 17.4 Å². The molecule has 182 valence electrons. The number of halogens is 1. The lowest BCUT2D eigenvalue weighted by molar-refractivity contribution is -0.136. The Bertz CT molecular complexity index is 1140. The van der Waals surface area contributed by atoms with Gasteiger partial charge in [0.05, 0.1) is 18.5 Å². The third kappa shape index (κ3) is 5.06. The average molecular weight is 476 g/mol. The first-order valence-electron chi connectivity index (χ1n) is 12.1. The van der Waals surface area contributed by atoms with Crippen molar-refractivity contribution in [2.45, 2.75) is 12.8 Å². The van der Waals surface area contributed by atoms with Crippen LogP contribution >= 0.6 is 0 Å². The van der Waals surface area contributed by atoms with Crippen LogP contribution in [0.4, 0.5) is 15.9 Å². The molecule has 0 saturated carbocycles. The van der Waals surface area contributed by atoms with Crippen LogP contribution in [0.25, 0.3) is 11.3 Å². The minimum Gasteiger partial charge on any atom is -0.495 e. The van der Waals surface area contributed by atoms with Crippen LogP contribution in [0.2, 0.25) is 0 Å². The summed E-state index contributed by atoms with van der Waals surface area (Å²) in [5.41, 5.74) is 2.63. The van der Waals surface area contributed by atoms with Gasteiger partial charge in [0.15, 0.2) is 5.82 Å². The van der Waals surface area contributed by atoms with Crippen LogP contribution in [0.3, 0.4) is 0 Å². The fourth-order valence-corrected chi connectivity index (χ4v) is 4.94. The fraction of sp³-hybridized carbons (Fsp3) is 0.370. The lowest BCUT2D eigenvalue weighted by Crippen LogP contribution is -2.51. The molecule has 0 atom stereocenters. The number of nitrogens with zero attached hydrogens (tertiary/aromatic N) is 5. The molecule has 0 N–H and O–H groups in total. The number of ether oxygens (including phenoxy) is 1. The molecule has 2 fully saturated rings. The number of carbonyl (C=O) groups excluding carboxylic acids is 1. The van der Waals surface area contributed by atoms with E-state index < -0.39 is 0 Å². The van der Waals surface area contributed by atoms with Gasteiger partial charge in [0.2, 0.25) is 5.91 Å². The smallest absolute Gasteiger partial charge is 0.225 e. The zero-order chi connectivity index (χ0) is 24.2. The lowest BCUT2D eigenvalue weighted by Gasteiger charge is -2.39. The van der Waals surface area contributed by atoms with Crippen LogP contribution in [0.1, 0.15) is 12.8 Å². The van der Waals surface area contributed by atoms with Crippen molar-refractivity contribution in [1.29, 1.82) is 0 Å². The van der Waals surface area contributed by atoms with E-state index >= 15 is 0 Å². The highest BCUT2D eigenvalue weighted by Crippen LogP contribution is 2.29. The van der Waals surface area contributed by atoms with Crippen LogP contribution < -0.4 is 14.5 Å². The molecule has 2 saturated heterocycles. The Morgan fingerprint density at radius 2 is 1.57 bits per heavy atom. The number of hydrogen-bond donors (Lipinski definition) is 0. The van der Waals surface area contributed by atoms with E-state index in [0.29, 0.717) is 5.69 Å². The summed E-state index contributed by atoms with van der Waals surface area (Å²) in [5.74, 6) is 1.73. The maximum absolute atomic E-state index is 13.2. The molecule has 2 aliphatic rings. The van der Waals surface area contributed by atoms with Crippen molar-refractivity contribution in [2.75, 3.05) is 56.2 Å². The first-order valence-corrected chi connectivity index (χ1v) is 12.1. The van der Waals surface area contributed by atoms with Crippen molar-refractivity contribution in [1.82, 2.24) is 15.1 Å². The topological polar surface area (TPSA) is 61.8 Å². The number of methoxy groups -OCH3 is 1. The number of rotatable bonds is 5. The predicted octanol–water partition coefficient (Wildman–Crippen LogP) is 3.86. The van der Waals surface area contributed by atoms with E-state index in [-0.39, 0.29) is 17.6 Å². The van der Waals surface area contributed by atoms with E-state index in [9.17, 15) is 9.18 Å². The summed E-state index contributed by atoms with van der Waals surface area (Å²) in [6.45, 7) is 4.63. The SMILES string of the molecule is COc1ccccc1N1CCN(C(=O)C2CCN(c3ccc(-c4ccc(F)cc4)nn3)CC2)CC1. The summed E-state index contributed by atoms with van der Waals surface area (Å²) in [4.78, 5) is 19.7. The number of benzene rings is 2. The minimum absolute atomic E-state index is 0.0514. The summed E-state index contributed by atoms with van der Waals surface area (Å²) in [6, 6.07) is 18.1. The molecule has 35 heavy (non-hydrogen) atoms. The van der Waals surface area contributed by atoms with E-state index in [1.54, 1.807) is 19.2 Å². The lowest BCUT2D eigenvalue weighted by atomic mass is 9.95. The van der Waals surface area contributed by atoms with Gasteiger partial charge in [-0.1, -0.05) is 12.1 Å². The molecule has 8 heteroatoms. The Morgan fingerprint density at radius 3 is 2.23 bits per heavy atom. The molecule has 0 bridgehead atoms. The molecule has 2 aromatic carbocycles. The van der Waals surface area contributed by atoms with Crippen LogP contribution in [0.15, 0.2) is 60.7 Å². The van der Waals surface area contributed by atoms with Crippen molar-refractivity contribution < 1.29 is 13.9 Å². The number of piperidine rings is 1. The molecule has 3 heterocycles. The largest absolute Gasteiger partial charge is 0.495 e. The Labute approximate surface area is 205 Å². The molecule has 3 aromatic rings. The van der Waals surface area contributed by atoms with Crippen LogP contribution in [-0.4, -0.2) is 67.4 Å². The third-order valence-corrected chi connectivity index (χ3v) is 6.98. The summed E-state index contributed by atoms with van der Waals surface area (Å²) in [6.07, 6.45) is 1.62. The van der Waals surface area contributed by atoms with E-state index in [0.717, 1.165) is 74.9 Å². The first kappa shape index (κ1) is 23.1. The van der Waals surface area contributed by atoms with Crippen LogP contribution in [-0.2, 0) is 4.79 Å². The quantitative estimate of drug-likeness (QED) is 0.559. The summed E-state index contributed by atoms with van der Waals surface area (Å²) >= 11 is 0. The van der Waals surface area contributed by atoms with Gasteiger partial charge in [-0.05, 0) is 61.4 Å². The second kappa shape index (κ2) is 10.3. The van der Waals surface area contributed by atoms with Gasteiger partial charge < -0.3 is 19.4 Å². The molecule has 0 spiro atoms. The van der Waals surface area contributed by atoms with E-state index in [1.165, 1.54) is 12.1 Å². The molecule has 7 nitrogen and oxygen atoms in total.